The van der Waals surface area contributed by atoms with Crippen LogP contribution in [0.4, 0.5) is 0 Å². The van der Waals surface area contributed by atoms with Crippen LogP contribution in [0.5, 0.6) is 0 Å². The summed E-state index contributed by atoms with van der Waals surface area (Å²) in [6, 6.07) is 2.02. The largest absolute Gasteiger partial charge is 0.339 e. The molecule has 2 aromatic rings. The molecule has 0 amide bonds. The molecule has 1 fully saturated rings. The quantitative estimate of drug-likeness (QED) is 0.926. The Bertz CT molecular complexity index is 504. The van der Waals surface area contributed by atoms with E-state index in [0.29, 0.717) is 11.7 Å². The van der Waals surface area contributed by atoms with Gasteiger partial charge in [0.25, 0.3) is 0 Å². The molecule has 0 unspecified atom stereocenters. The molecule has 1 N–H and O–H groups in total. The van der Waals surface area contributed by atoms with Crippen molar-refractivity contribution in [1.82, 2.24) is 15.5 Å². The van der Waals surface area contributed by atoms with Crippen molar-refractivity contribution in [2.24, 2.45) is 0 Å². The molecule has 4 nitrogen and oxygen atoms in total. The third kappa shape index (κ3) is 2.43. The second kappa shape index (κ2) is 4.88. The van der Waals surface area contributed by atoms with Crippen molar-refractivity contribution in [3.63, 3.8) is 0 Å². The van der Waals surface area contributed by atoms with Crippen LogP contribution in [-0.4, -0.2) is 23.2 Å². The SMILES string of the molecule is Brc1csc(-c2noc(C3CCNCC3)n2)c1. The van der Waals surface area contributed by atoms with Crippen molar-refractivity contribution in [1.29, 1.82) is 0 Å². The molecule has 17 heavy (non-hydrogen) atoms. The molecule has 0 saturated carbocycles. The van der Waals surface area contributed by atoms with Gasteiger partial charge in [-0.2, -0.15) is 4.98 Å². The number of aromatic nitrogens is 2. The van der Waals surface area contributed by atoms with Gasteiger partial charge in [-0.3, -0.25) is 0 Å². The van der Waals surface area contributed by atoms with E-state index in [4.69, 9.17) is 4.52 Å². The first-order chi connectivity index (χ1) is 8.33. The zero-order valence-corrected chi connectivity index (χ0v) is 11.6. The van der Waals surface area contributed by atoms with Gasteiger partial charge in [-0.1, -0.05) is 5.16 Å². The van der Waals surface area contributed by atoms with Crippen LogP contribution in [0.1, 0.15) is 24.7 Å². The molecule has 1 saturated heterocycles. The van der Waals surface area contributed by atoms with Crippen molar-refractivity contribution in [2.45, 2.75) is 18.8 Å². The molecular weight excluding hydrogens is 302 g/mol. The van der Waals surface area contributed by atoms with Gasteiger partial charge in [0.15, 0.2) is 0 Å². The van der Waals surface area contributed by atoms with E-state index in [1.165, 1.54) is 0 Å². The lowest BCUT2D eigenvalue weighted by Gasteiger charge is -2.18. The molecule has 90 valence electrons. The maximum absolute atomic E-state index is 5.37. The Kier molecular flexibility index (Phi) is 3.26. The number of halogens is 1. The lowest BCUT2D eigenvalue weighted by molar-refractivity contribution is 0.320. The Morgan fingerprint density at radius 1 is 1.41 bits per heavy atom. The van der Waals surface area contributed by atoms with Crippen LogP contribution < -0.4 is 5.32 Å². The number of rotatable bonds is 2. The zero-order chi connectivity index (χ0) is 11.7. The molecule has 0 aromatic carbocycles. The van der Waals surface area contributed by atoms with Gasteiger partial charge in [0.2, 0.25) is 11.7 Å². The van der Waals surface area contributed by atoms with Crippen LogP contribution in [0.3, 0.4) is 0 Å². The average Bonchev–Trinajstić information content (AvgIpc) is 2.98. The van der Waals surface area contributed by atoms with E-state index >= 15 is 0 Å². The fraction of sp³-hybridized carbons (Fsp3) is 0.455. The van der Waals surface area contributed by atoms with Crippen molar-refractivity contribution >= 4 is 27.3 Å². The molecule has 6 heteroatoms. The van der Waals surface area contributed by atoms with Crippen LogP contribution in [0, 0.1) is 0 Å². The number of nitrogens with one attached hydrogen (secondary N) is 1. The standard InChI is InChI=1S/C11H12BrN3OS/c12-8-5-9(17-6-8)10-14-11(16-15-10)7-1-3-13-4-2-7/h5-7,13H,1-4H2. The monoisotopic (exact) mass is 313 g/mol. The molecular formula is C11H12BrN3OS. The van der Waals surface area contributed by atoms with Gasteiger partial charge in [-0.25, -0.2) is 0 Å². The molecule has 0 atom stereocenters. The van der Waals surface area contributed by atoms with Crippen LogP contribution >= 0.6 is 27.3 Å². The van der Waals surface area contributed by atoms with Gasteiger partial charge in [0.1, 0.15) is 0 Å². The molecule has 0 aliphatic carbocycles. The Morgan fingerprint density at radius 2 is 2.24 bits per heavy atom. The van der Waals surface area contributed by atoms with Gasteiger partial charge < -0.3 is 9.84 Å². The van der Waals surface area contributed by atoms with Crippen molar-refractivity contribution in [3.8, 4) is 10.7 Å². The van der Waals surface area contributed by atoms with Gasteiger partial charge in [-0.05, 0) is 47.9 Å². The highest BCUT2D eigenvalue weighted by Crippen LogP contribution is 2.30. The molecule has 2 aromatic heterocycles. The van der Waals surface area contributed by atoms with E-state index < -0.39 is 0 Å². The van der Waals surface area contributed by atoms with Gasteiger partial charge in [0.05, 0.1) is 4.88 Å². The van der Waals surface area contributed by atoms with E-state index in [9.17, 15) is 0 Å². The van der Waals surface area contributed by atoms with Gasteiger partial charge >= 0.3 is 0 Å². The normalized spacial score (nSPS) is 17.5. The highest BCUT2D eigenvalue weighted by Gasteiger charge is 2.21. The number of nitrogens with zero attached hydrogens (tertiary/aromatic N) is 2. The van der Waals surface area contributed by atoms with Crippen LogP contribution in [0.2, 0.25) is 0 Å². The van der Waals surface area contributed by atoms with E-state index in [1.54, 1.807) is 11.3 Å². The highest BCUT2D eigenvalue weighted by atomic mass is 79.9. The zero-order valence-electron chi connectivity index (χ0n) is 9.15. The maximum atomic E-state index is 5.37. The number of hydrogen-bond donors (Lipinski definition) is 1. The topological polar surface area (TPSA) is 51.0 Å². The molecule has 1 aliphatic rings. The second-order valence-electron chi connectivity index (χ2n) is 4.11. The molecule has 3 rings (SSSR count). The Labute approximate surface area is 112 Å². The van der Waals surface area contributed by atoms with E-state index in [0.717, 1.165) is 41.2 Å². The lowest BCUT2D eigenvalue weighted by Crippen LogP contribution is -2.26. The summed E-state index contributed by atoms with van der Waals surface area (Å²) in [5, 5.41) is 9.41. The summed E-state index contributed by atoms with van der Waals surface area (Å²) < 4.78 is 6.43. The summed E-state index contributed by atoms with van der Waals surface area (Å²) in [5.41, 5.74) is 0. The summed E-state index contributed by atoms with van der Waals surface area (Å²) in [4.78, 5) is 5.54. The molecule has 0 radical (unpaired) electrons. The third-order valence-corrected chi connectivity index (χ3v) is 4.61. The first-order valence-corrected chi connectivity index (χ1v) is 7.29. The number of piperidine rings is 1. The fourth-order valence-corrected chi connectivity index (χ4v) is 3.35. The van der Waals surface area contributed by atoms with E-state index in [1.807, 2.05) is 11.4 Å². The van der Waals surface area contributed by atoms with Gasteiger partial charge in [0, 0.05) is 15.8 Å². The van der Waals surface area contributed by atoms with Gasteiger partial charge in [-0.15, -0.1) is 11.3 Å². The minimum Gasteiger partial charge on any atom is -0.339 e. The minimum atomic E-state index is 0.418. The average molecular weight is 314 g/mol. The van der Waals surface area contributed by atoms with Crippen molar-refractivity contribution in [2.75, 3.05) is 13.1 Å². The Hall–Kier alpha value is -0.720. The summed E-state index contributed by atoms with van der Waals surface area (Å²) in [5.74, 6) is 1.90. The first-order valence-electron chi connectivity index (χ1n) is 5.61. The fourth-order valence-electron chi connectivity index (χ4n) is 2.00. The van der Waals surface area contributed by atoms with Crippen LogP contribution in [-0.2, 0) is 0 Å². The lowest BCUT2D eigenvalue weighted by atomic mass is 9.98. The second-order valence-corrected chi connectivity index (χ2v) is 5.94. The first kappa shape index (κ1) is 11.4. The number of hydrogen-bond acceptors (Lipinski definition) is 5. The third-order valence-electron chi connectivity index (χ3n) is 2.92. The predicted octanol–water partition coefficient (Wildman–Crippen LogP) is 3.03. The Balaban J connectivity index is 1.82. The smallest absolute Gasteiger partial charge is 0.230 e. The maximum Gasteiger partial charge on any atom is 0.230 e. The number of thiophene rings is 1. The molecule has 1 aliphatic heterocycles. The summed E-state index contributed by atoms with van der Waals surface area (Å²) in [6.45, 7) is 2.07. The van der Waals surface area contributed by atoms with E-state index in [2.05, 4.69) is 31.4 Å². The molecule has 0 bridgehead atoms. The summed E-state index contributed by atoms with van der Waals surface area (Å²) >= 11 is 5.05. The summed E-state index contributed by atoms with van der Waals surface area (Å²) in [6.07, 6.45) is 2.16. The minimum absolute atomic E-state index is 0.418. The van der Waals surface area contributed by atoms with Crippen LogP contribution in [0.15, 0.2) is 20.4 Å². The predicted molar refractivity (Wildman–Crippen MR) is 70.2 cm³/mol. The van der Waals surface area contributed by atoms with E-state index in [-0.39, 0.29) is 0 Å². The Morgan fingerprint density at radius 3 is 2.94 bits per heavy atom. The molecule has 0 spiro atoms. The van der Waals surface area contributed by atoms with Crippen molar-refractivity contribution < 1.29 is 4.52 Å². The molecule has 3 heterocycles. The highest BCUT2D eigenvalue weighted by molar-refractivity contribution is 9.10. The summed E-state index contributed by atoms with van der Waals surface area (Å²) in [7, 11) is 0. The van der Waals surface area contributed by atoms with Crippen LogP contribution in [0.25, 0.3) is 10.7 Å². The van der Waals surface area contributed by atoms with Crippen molar-refractivity contribution in [3.05, 3.63) is 21.8 Å².